The van der Waals surface area contributed by atoms with Crippen LogP contribution in [0.1, 0.15) is 11.1 Å². The molecule has 0 amide bonds. The van der Waals surface area contributed by atoms with Crippen LogP contribution in [-0.2, 0) is 4.79 Å². The number of benzene rings is 1. The van der Waals surface area contributed by atoms with Crippen LogP contribution in [0.3, 0.4) is 0 Å². The van der Waals surface area contributed by atoms with Crippen LogP contribution in [0.5, 0.6) is 5.75 Å². The van der Waals surface area contributed by atoms with Crippen molar-refractivity contribution in [2.24, 2.45) is 0 Å². The highest BCUT2D eigenvalue weighted by Gasteiger charge is 1.96. The summed E-state index contributed by atoms with van der Waals surface area (Å²) in [5, 5.41) is 0. The lowest BCUT2D eigenvalue weighted by molar-refractivity contribution is -0.104. The van der Waals surface area contributed by atoms with Gasteiger partial charge in [-0.25, -0.2) is 0 Å². The summed E-state index contributed by atoms with van der Waals surface area (Å²) in [6.45, 7) is 1.98. The number of aldehydes is 1. The van der Waals surface area contributed by atoms with E-state index in [0.717, 1.165) is 23.2 Å². The summed E-state index contributed by atoms with van der Waals surface area (Å²) in [5.41, 5.74) is 2.06. The van der Waals surface area contributed by atoms with Gasteiger partial charge in [-0.1, -0.05) is 18.2 Å². The number of methoxy groups -OCH3 is 1. The number of carbonyl (C=O) groups excluding carboxylic acids is 1. The zero-order chi connectivity index (χ0) is 9.68. The summed E-state index contributed by atoms with van der Waals surface area (Å²) >= 11 is 0. The second kappa shape index (κ2) is 4.45. The van der Waals surface area contributed by atoms with E-state index in [1.807, 2.05) is 25.1 Å². The minimum atomic E-state index is 0.756. The molecule has 0 atom stereocenters. The SMILES string of the molecule is COc1cc(/C=C/C=O)ccc1C. The van der Waals surface area contributed by atoms with Crippen molar-refractivity contribution in [3.05, 3.63) is 35.4 Å². The topological polar surface area (TPSA) is 26.3 Å². The first-order valence-corrected chi connectivity index (χ1v) is 4.04. The zero-order valence-electron chi connectivity index (χ0n) is 7.78. The monoisotopic (exact) mass is 176 g/mol. The first-order chi connectivity index (χ1) is 6.27. The van der Waals surface area contributed by atoms with Crippen molar-refractivity contribution in [1.82, 2.24) is 0 Å². The fourth-order valence-corrected chi connectivity index (χ4v) is 1.09. The van der Waals surface area contributed by atoms with Crippen molar-refractivity contribution in [1.29, 1.82) is 0 Å². The summed E-state index contributed by atoms with van der Waals surface area (Å²) in [6.07, 6.45) is 3.96. The zero-order valence-corrected chi connectivity index (χ0v) is 7.78. The van der Waals surface area contributed by atoms with Gasteiger partial charge < -0.3 is 4.74 Å². The molecule has 0 radical (unpaired) electrons. The Labute approximate surface area is 77.8 Å². The lowest BCUT2D eigenvalue weighted by Crippen LogP contribution is -1.87. The van der Waals surface area contributed by atoms with Crippen LogP contribution in [0.15, 0.2) is 24.3 Å². The molecule has 0 saturated heterocycles. The molecule has 0 fully saturated rings. The van der Waals surface area contributed by atoms with Gasteiger partial charge in [0.25, 0.3) is 0 Å². The van der Waals surface area contributed by atoms with Gasteiger partial charge >= 0.3 is 0 Å². The van der Waals surface area contributed by atoms with Gasteiger partial charge in [0.2, 0.25) is 0 Å². The van der Waals surface area contributed by atoms with Crippen LogP contribution in [0.2, 0.25) is 0 Å². The first-order valence-electron chi connectivity index (χ1n) is 4.04. The lowest BCUT2D eigenvalue weighted by atomic mass is 10.1. The third kappa shape index (κ3) is 2.44. The number of aryl methyl sites for hydroxylation is 1. The van der Waals surface area contributed by atoms with E-state index in [-0.39, 0.29) is 0 Å². The fourth-order valence-electron chi connectivity index (χ4n) is 1.09. The maximum Gasteiger partial charge on any atom is 0.142 e. The fraction of sp³-hybridized carbons (Fsp3) is 0.182. The predicted octanol–water partition coefficient (Wildman–Crippen LogP) is 2.22. The van der Waals surface area contributed by atoms with E-state index in [2.05, 4.69) is 0 Å². The maximum absolute atomic E-state index is 10.1. The Hall–Kier alpha value is -1.57. The van der Waals surface area contributed by atoms with Gasteiger partial charge in [-0.05, 0) is 30.2 Å². The smallest absolute Gasteiger partial charge is 0.142 e. The molecule has 0 spiro atoms. The molecule has 1 aromatic carbocycles. The Kier molecular flexibility index (Phi) is 3.26. The Bertz CT molecular complexity index is 327. The van der Waals surface area contributed by atoms with Crippen molar-refractivity contribution in [2.75, 3.05) is 7.11 Å². The number of rotatable bonds is 3. The molecule has 68 valence electrons. The molecule has 0 unspecified atom stereocenters. The Morgan fingerprint density at radius 1 is 1.38 bits per heavy atom. The van der Waals surface area contributed by atoms with E-state index in [4.69, 9.17) is 4.74 Å². The average Bonchev–Trinajstić information content (AvgIpc) is 2.16. The van der Waals surface area contributed by atoms with Crippen molar-refractivity contribution < 1.29 is 9.53 Å². The van der Waals surface area contributed by atoms with Gasteiger partial charge in [-0.2, -0.15) is 0 Å². The van der Waals surface area contributed by atoms with E-state index in [0.29, 0.717) is 0 Å². The largest absolute Gasteiger partial charge is 0.496 e. The van der Waals surface area contributed by atoms with Crippen molar-refractivity contribution >= 4 is 12.4 Å². The summed E-state index contributed by atoms with van der Waals surface area (Å²) < 4.78 is 5.14. The Morgan fingerprint density at radius 3 is 2.77 bits per heavy atom. The number of ether oxygens (including phenoxy) is 1. The van der Waals surface area contributed by atoms with Crippen LogP contribution in [0.4, 0.5) is 0 Å². The molecule has 2 heteroatoms. The minimum Gasteiger partial charge on any atom is -0.496 e. The highest BCUT2D eigenvalue weighted by Crippen LogP contribution is 2.19. The number of hydrogen-bond acceptors (Lipinski definition) is 2. The van der Waals surface area contributed by atoms with E-state index >= 15 is 0 Å². The summed E-state index contributed by atoms with van der Waals surface area (Å²) in [5.74, 6) is 0.841. The van der Waals surface area contributed by atoms with Gasteiger partial charge in [-0.3, -0.25) is 4.79 Å². The molecule has 0 saturated carbocycles. The second-order valence-electron chi connectivity index (χ2n) is 2.72. The third-order valence-electron chi connectivity index (χ3n) is 1.80. The molecule has 0 aromatic heterocycles. The number of hydrogen-bond donors (Lipinski definition) is 0. The number of carbonyl (C=O) groups is 1. The Balaban J connectivity index is 2.99. The van der Waals surface area contributed by atoms with Crippen molar-refractivity contribution in [3.8, 4) is 5.75 Å². The molecule has 0 aliphatic heterocycles. The average molecular weight is 176 g/mol. The molecular formula is C11H12O2. The highest BCUT2D eigenvalue weighted by molar-refractivity contribution is 5.74. The molecule has 0 heterocycles. The van der Waals surface area contributed by atoms with E-state index in [1.165, 1.54) is 6.08 Å². The quantitative estimate of drug-likeness (QED) is 0.521. The standard InChI is InChI=1S/C11H12O2/c1-9-5-6-10(4-3-7-12)8-11(9)13-2/h3-8H,1-2H3/b4-3+. The van der Waals surface area contributed by atoms with Crippen LogP contribution < -0.4 is 4.74 Å². The van der Waals surface area contributed by atoms with Crippen LogP contribution in [0.25, 0.3) is 6.08 Å². The van der Waals surface area contributed by atoms with Crippen molar-refractivity contribution in [2.45, 2.75) is 6.92 Å². The van der Waals surface area contributed by atoms with Gasteiger partial charge in [0, 0.05) is 0 Å². The van der Waals surface area contributed by atoms with Gasteiger partial charge in [0.1, 0.15) is 12.0 Å². The second-order valence-corrected chi connectivity index (χ2v) is 2.72. The first kappa shape index (κ1) is 9.52. The highest BCUT2D eigenvalue weighted by atomic mass is 16.5. The molecular weight excluding hydrogens is 164 g/mol. The molecule has 1 rings (SSSR count). The minimum absolute atomic E-state index is 0.756. The predicted molar refractivity (Wildman–Crippen MR) is 52.8 cm³/mol. The normalized spacial score (nSPS) is 10.3. The Morgan fingerprint density at radius 2 is 2.15 bits per heavy atom. The van der Waals surface area contributed by atoms with Crippen LogP contribution in [-0.4, -0.2) is 13.4 Å². The van der Waals surface area contributed by atoms with E-state index in [9.17, 15) is 4.79 Å². The molecule has 2 nitrogen and oxygen atoms in total. The lowest BCUT2D eigenvalue weighted by Gasteiger charge is -2.04. The molecule has 0 aliphatic carbocycles. The molecule has 0 N–H and O–H groups in total. The molecule has 1 aromatic rings. The van der Waals surface area contributed by atoms with Crippen LogP contribution in [0, 0.1) is 6.92 Å². The van der Waals surface area contributed by atoms with E-state index in [1.54, 1.807) is 13.2 Å². The summed E-state index contributed by atoms with van der Waals surface area (Å²) in [7, 11) is 1.63. The van der Waals surface area contributed by atoms with E-state index < -0.39 is 0 Å². The number of allylic oxidation sites excluding steroid dienone is 1. The summed E-state index contributed by atoms with van der Waals surface area (Å²) in [6, 6.07) is 5.80. The molecule has 0 bridgehead atoms. The maximum atomic E-state index is 10.1. The molecule has 13 heavy (non-hydrogen) atoms. The third-order valence-corrected chi connectivity index (χ3v) is 1.80. The van der Waals surface area contributed by atoms with Gasteiger partial charge in [0.15, 0.2) is 0 Å². The summed E-state index contributed by atoms with van der Waals surface area (Å²) in [4.78, 5) is 10.1. The van der Waals surface area contributed by atoms with Gasteiger partial charge in [-0.15, -0.1) is 0 Å². The molecule has 0 aliphatic rings. The van der Waals surface area contributed by atoms with Crippen molar-refractivity contribution in [3.63, 3.8) is 0 Å². The van der Waals surface area contributed by atoms with Crippen LogP contribution >= 0.6 is 0 Å². The van der Waals surface area contributed by atoms with Gasteiger partial charge in [0.05, 0.1) is 7.11 Å².